The quantitative estimate of drug-likeness (QED) is 0.575. The van der Waals surface area contributed by atoms with Crippen LogP contribution in [0, 0.1) is 3.57 Å². The smallest absolute Gasteiger partial charge is 0.326 e. The number of carbonyl (C=O) groups excluding carboxylic acids is 1. The highest BCUT2D eigenvalue weighted by atomic mass is 127. The minimum Gasteiger partial charge on any atom is -0.468 e. The Balaban J connectivity index is 1.61. The molecule has 114 valence electrons. The molecule has 0 radical (unpaired) electrons. The number of carbonyl (C=O) groups is 1. The van der Waals surface area contributed by atoms with E-state index in [1.165, 1.54) is 16.2 Å². The van der Waals surface area contributed by atoms with Crippen LogP contribution in [0.2, 0.25) is 0 Å². The Hall–Kier alpha value is -0.660. The molecule has 0 unspecified atom stereocenters. The maximum absolute atomic E-state index is 12.2. The molecule has 1 aromatic rings. The van der Waals surface area contributed by atoms with Crippen LogP contribution in [0.15, 0.2) is 24.3 Å². The van der Waals surface area contributed by atoms with Gasteiger partial charge in [0.05, 0.1) is 19.8 Å². The number of ether oxygens (including phenoxy) is 2. The molecule has 21 heavy (non-hydrogen) atoms. The number of benzene rings is 1. The second-order valence-electron chi connectivity index (χ2n) is 5.84. The van der Waals surface area contributed by atoms with Crippen LogP contribution in [0.25, 0.3) is 0 Å². The minimum absolute atomic E-state index is 0.0969. The first-order valence-electron chi connectivity index (χ1n) is 7.33. The van der Waals surface area contributed by atoms with E-state index in [0.717, 1.165) is 32.4 Å². The summed E-state index contributed by atoms with van der Waals surface area (Å²) in [4.78, 5) is 14.4. The van der Waals surface area contributed by atoms with Crippen molar-refractivity contribution >= 4 is 28.6 Å². The summed E-state index contributed by atoms with van der Waals surface area (Å²) in [5.41, 5.74) is 0.750. The monoisotopic (exact) mass is 401 g/mol. The summed E-state index contributed by atoms with van der Waals surface area (Å²) < 4.78 is 12.3. The fourth-order valence-corrected chi connectivity index (χ4v) is 3.89. The van der Waals surface area contributed by atoms with E-state index >= 15 is 0 Å². The maximum Gasteiger partial charge on any atom is 0.326 e. The van der Waals surface area contributed by atoms with E-state index in [1.54, 1.807) is 0 Å². The Morgan fingerprint density at radius 2 is 2.19 bits per heavy atom. The van der Waals surface area contributed by atoms with Crippen LogP contribution in [0.3, 0.4) is 0 Å². The molecule has 2 aliphatic rings. The summed E-state index contributed by atoms with van der Waals surface area (Å²) in [6.45, 7) is 2.41. The highest BCUT2D eigenvalue weighted by molar-refractivity contribution is 14.1. The predicted molar refractivity (Wildman–Crippen MR) is 87.9 cm³/mol. The van der Waals surface area contributed by atoms with Gasteiger partial charge in [-0.3, -0.25) is 9.69 Å². The zero-order valence-corrected chi connectivity index (χ0v) is 14.3. The van der Waals surface area contributed by atoms with Crippen molar-refractivity contribution < 1.29 is 14.3 Å². The van der Waals surface area contributed by atoms with Crippen molar-refractivity contribution in [1.82, 2.24) is 4.90 Å². The summed E-state index contributed by atoms with van der Waals surface area (Å²) in [6.07, 6.45) is 2.83. The van der Waals surface area contributed by atoms with Crippen molar-refractivity contribution in [3.63, 3.8) is 0 Å². The normalized spacial score (nSPS) is 28.6. The summed E-state index contributed by atoms with van der Waals surface area (Å²) in [6, 6.07) is 8.35. The van der Waals surface area contributed by atoms with E-state index in [-0.39, 0.29) is 12.1 Å². The van der Waals surface area contributed by atoms with Gasteiger partial charge in [0, 0.05) is 16.5 Å². The lowest BCUT2D eigenvalue weighted by Gasteiger charge is -2.27. The van der Waals surface area contributed by atoms with Gasteiger partial charge in [0.1, 0.15) is 5.54 Å². The number of halogens is 1. The number of esters is 1. The number of hydrogen-bond donors (Lipinski definition) is 0. The van der Waals surface area contributed by atoms with Gasteiger partial charge in [-0.25, -0.2) is 0 Å². The summed E-state index contributed by atoms with van der Waals surface area (Å²) >= 11 is 2.30. The average Bonchev–Trinajstić information content (AvgIpc) is 3.03. The Morgan fingerprint density at radius 1 is 1.43 bits per heavy atom. The van der Waals surface area contributed by atoms with Crippen LogP contribution in [0.4, 0.5) is 0 Å². The Bertz CT molecular complexity index is 519. The molecule has 0 N–H and O–H groups in total. The van der Waals surface area contributed by atoms with Crippen molar-refractivity contribution in [1.29, 1.82) is 0 Å². The van der Waals surface area contributed by atoms with Crippen molar-refractivity contribution in [2.75, 3.05) is 20.2 Å². The first-order chi connectivity index (χ1) is 10.1. The van der Waals surface area contributed by atoms with Gasteiger partial charge in [-0.05, 0) is 59.7 Å². The topological polar surface area (TPSA) is 38.8 Å². The summed E-state index contributed by atoms with van der Waals surface area (Å²) in [5, 5.41) is 0. The zero-order chi connectivity index (χ0) is 14.9. The lowest BCUT2D eigenvalue weighted by molar-refractivity contribution is -0.152. The molecule has 1 aromatic carbocycles. The van der Waals surface area contributed by atoms with Crippen molar-refractivity contribution in [3.8, 4) is 0 Å². The maximum atomic E-state index is 12.2. The van der Waals surface area contributed by atoms with Gasteiger partial charge in [-0.15, -0.1) is 0 Å². The van der Waals surface area contributed by atoms with Gasteiger partial charge in [-0.2, -0.15) is 0 Å². The summed E-state index contributed by atoms with van der Waals surface area (Å²) in [5.74, 6) is -0.0969. The van der Waals surface area contributed by atoms with Gasteiger partial charge < -0.3 is 9.47 Å². The molecule has 0 bridgehead atoms. The molecule has 0 aliphatic carbocycles. The molecule has 0 saturated carbocycles. The molecule has 2 atom stereocenters. The number of fused-ring (bicyclic) bond motifs is 1. The lowest BCUT2D eigenvalue weighted by atomic mass is 9.93. The van der Waals surface area contributed by atoms with E-state index in [2.05, 4.69) is 51.8 Å². The highest BCUT2D eigenvalue weighted by Gasteiger charge is 2.54. The molecule has 4 nitrogen and oxygen atoms in total. The van der Waals surface area contributed by atoms with Crippen LogP contribution in [-0.2, 0) is 20.9 Å². The Labute approximate surface area is 138 Å². The standard InChI is InChI=1S/C16H20INO3/c1-20-15(19)16-7-2-8-18(16)10-14(9-16)21-11-12-3-5-13(17)6-4-12/h3-6,14H,2,7-11H2,1H3/t14-,16+/m0/s1. The van der Waals surface area contributed by atoms with Crippen LogP contribution in [0.5, 0.6) is 0 Å². The first kappa shape index (κ1) is 15.2. The van der Waals surface area contributed by atoms with Crippen molar-refractivity contribution in [2.24, 2.45) is 0 Å². The van der Waals surface area contributed by atoms with E-state index < -0.39 is 5.54 Å². The number of hydrogen-bond acceptors (Lipinski definition) is 4. The van der Waals surface area contributed by atoms with E-state index in [1.807, 2.05) is 0 Å². The second kappa shape index (κ2) is 6.22. The third kappa shape index (κ3) is 2.96. The highest BCUT2D eigenvalue weighted by Crippen LogP contribution is 2.41. The van der Waals surface area contributed by atoms with E-state index in [4.69, 9.17) is 9.47 Å². The number of nitrogens with zero attached hydrogens (tertiary/aromatic N) is 1. The van der Waals surface area contributed by atoms with Gasteiger partial charge in [0.15, 0.2) is 0 Å². The second-order valence-corrected chi connectivity index (χ2v) is 7.08. The molecule has 2 aliphatic heterocycles. The molecule has 2 saturated heterocycles. The molecule has 2 fully saturated rings. The van der Waals surface area contributed by atoms with Gasteiger partial charge in [0.2, 0.25) is 0 Å². The molecular weight excluding hydrogens is 381 g/mol. The van der Waals surface area contributed by atoms with Crippen LogP contribution in [-0.4, -0.2) is 42.7 Å². The number of rotatable bonds is 4. The Kier molecular flexibility index (Phi) is 4.51. The fourth-order valence-electron chi connectivity index (χ4n) is 3.53. The molecule has 0 spiro atoms. The van der Waals surface area contributed by atoms with Crippen molar-refractivity contribution in [2.45, 2.75) is 37.5 Å². The molecule has 5 heteroatoms. The molecule has 2 heterocycles. The van der Waals surface area contributed by atoms with Crippen LogP contribution >= 0.6 is 22.6 Å². The van der Waals surface area contributed by atoms with Crippen LogP contribution < -0.4 is 0 Å². The third-order valence-corrected chi connectivity index (χ3v) is 5.30. The first-order valence-corrected chi connectivity index (χ1v) is 8.41. The van der Waals surface area contributed by atoms with Crippen molar-refractivity contribution in [3.05, 3.63) is 33.4 Å². The van der Waals surface area contributed by atoms with Gasteiger partial charge >= 0.3 is 5.97 Å². The number of methoxy groups -OCH3 is 1. The molecule has 0 aromatic heterocycles. The molecular formula is C16H20INO3. The van der Waals surface area contributed by atoms with E-state index in [0.29, 0.717) is 6.61 Å². The minimum atomic E-state index is -0.425. The predicted octanol–water partition coefficient (Wildman–Crippen LogP) is 2.59. The largest absolute Gasteiger partial charge is 0.468 e. The average molecular weight is 401 g/mol. The van der Waals surface area contributed by atoms with Gasteiger partial charge in [-0.1, -0.05) is 12.1 Å². The molecule has 3 rings (SSSR count). The SMILES string of the molecule is COC(=O)[C@]12CCCN1C[C@@H](OCc1ccc(I)cc1)C2. The summed E-state index contributed by atoms with van der Waals surface area (Å²) in [7, 11) is 1.48. The fraction of sp³-hybridized carbons (Fsp3) is 0.562. The third-order valence-electron chi connectivity index (χ3n) is 4.58. The van der Waals surface area contributed by atoms with E-state index in [9.17, 15) is 4.79 Å². The molecule has 0 amide bonds. The van der Waals surface area contributed by atoms with Crippen LogP contribution in [0.1, 0.15) is 24.8 Å². The van der Waals surface area contributed by atoms with Gasteiger partial charge in [0.25, 0.3) is 0 Å². The Morgan fingerprint density at radius 3 is 2.90 bits per heavy atom. The zero-order valence-electron chi connectivity index (χ0n) is 12.2. The lowest BCUT2D eigenvalue weighted by Crippen LogP contribution is -2.46.